The maximum absolute atomic E-state index is 5.67. The smallest absolute Gasteiger partial charge is 0.162 e. The van der Waals surface area contributed by atoms with Gasteiger partial charge in [-0.2, -0.15) is 0 Å². The molecule has 2 atom stereocenters. The number of aromatic nitrogens is 3. The van der Waals surface area contributed by atoms with E-state index in [0.29, 0.717) is 5.92 Å². The largest absolute Gasteiger partial charge is 0.370 e. The Balaban J connectivity index is 2.17. The summed E-state index contributed by atoms with van der Waals surface area (Å²) >= 11 is 0. The van der Waals surface area contributed by atoms with Crippen LogP contribution < -0.4 is 0 Å². The molecule has 2 unspecified atom stereocenters. The van der Waals surface area contributed by atoms with Gasteiger partial charge in [0.25, 0.3) is 0 Å². The van der Waals surface area contributed by atoms with Crippen molar-refractivity contribution in [1.29, 1.82) is 0 Å². The van der Waals surface area contributed by atoms with E-state index in [0.717, 1.165) is 31.8 Å². The summed E-state index contributed by atoms with van der Waals surface area (Å²) in [5.41, 5.74) is 0. The average Bonchev–Trinajstić information content (AvgIpc) is 2.74. The van der Waals surface area contributed by atoms with E-state index in [1.54, 1.807) is 6.33 Å². The zero-order chi connectivity index (χ0) is 9.97. The van der Waals surface area contributed by atoms with Crippen LogP contribution in [0, 0.1) is 5.92 Å². The molecule has 0 N–H and O–H groups in total. The molecule has 0 saturated carbocycles. The number of ether oxygens (including phenoxy) is 1. The highest BCUT2D eigenvalue weighted by Gasteiger charge is 2.29. The molecular weight excluding hydrogens is 178 g/mol. The molecule has 0 radical (unpaired) electrons. The van der Waals surface area contributed by atoms with Gasteiger partial charge in [0, 0.05) is 13.2 Å². The van der Waals surface area contributed by atoms with Crippen molar-refractivity contribution in [3.05, 3.63) is 12.2 Å². The Kier molecular flexibility index (Phi) is 2.82. The van der Waals surface area contributed by atoms with Gasteiger partial charge in [-0.3, -0.25) is 0 Å². The fourth-order valence-corrected chi connectivity index (χ4v) is 1.92. The predicted molar refractivity (Wildman–Crippen MR) is 52.8 cm³/mol. The predicted octanol–water partition coefficient (Wildman–Crippen LogP) is 1.79. The third-order valence-corrected chi connectivity index (χ3v) is 2.75. The van der Waals surface area contributed by atoms with Crippen LogP contribution in [0.2, 0.25) is 0 Å². The summed E-state index contributed by atoms with van der Waals surface area (Å²) in [7, 11) is 0. The molecule has 1 aromatic rings. The van der Waals surface area contributed by atoms with Gasteiger partial charge in [-0.15, -0.1) is 10.2 Å². The van der Waals surface area contributed by atoms with Gasteiger partial charge >= 0.3 is 0 Å². The fourth-order valence-electron chi connectivity index (χ4n) is 1.92. The van der Waals surface area contributed by atoms with Gasteiger partial charge in [0.15, 0.2) is 5.82 Å². The van der Waals surface area contributed by atoms with E-state index in [4.69, 9.17) is 4.74 Å². The molecule has 1 saturated heterocycles. The molecule has 0 bridgehead atoms. The maximum Gasteiger partial charge on any atom is 0.162 e. The molecule has 4 nitrogen and oxygen atoms in total. The molecule has 1 fully saturated rings. The van der Waals surface area contributed by atoms with Gasteiger partial charge in [-0.25, -0.2) is 0 Å². The van der Waals surface area contributed by atoms with Gasteiger partial charge in [0.1, 0.15) is 12.4 Å². The Hall–Kier alpha value is -0.900. The first-order valence-electron chi connectivity index (χ1n) is 5.32. The standard InChI is InChI=1S/C10H17N3O/c1-3-5-13-7-11-12-10(13)9-8(2)4-6-14-9/h7-9H,3-6H2,1-2H3. The Morgan fingerprint density at radius 3 is 3.14 bits per heavy atom. The fraction of sp³-hybridized carbons (Fsp3) is 0.800. The molecule has 2 heterocycles. The Labute approximate surface area is 84.3 Å². The molecule has 0 amide bonds. The second kappa shape index (κ2) is 4.09. The summed E-state index contributed by atoms with van der Waals surface area (Å²) in [6.45, 7) is 6.20. The molecular formula is C10H17N3O. The zero-order valence-electron chi connectivity index (χ0n) is 8.81. The number of hydrogen-bond acceptors (Lipinski definition) is 3. The minimum atomic E-state index is 0.157. The van der Waals surface area contributed by atoms with E-state index < -0.39 is 0 Å². The summed E-state index contributed by atoms with van der Waals surface area (Å²) in [5, 5.41) is 8.11. The van der Waals surface area contributed by atoms with E-state index >= 15 is 0 Å². The molecule has 2 rings (SSSR count). The van der Waals surface area contributed by atoms with E-state index in [1.165, 1.54) is 0 Å². The minimum Gasteiger partial charge on any atom is -0.370 e. The lowest BCUT2D eigenvalue weighted by molar-refractivity contribution is 0.0838. The lowest BCUT2D eigenvalue weighted by atomic mass is 10.0. The van der Waals surface area contributed by atoms with Crippen molar-refractivity contribution in [3.8, 4) is 0 Å². The highest BCUT2D eigenvalue weighted by atomic mass is 16.5. The normalized spacial score (nSPS) is 27.0. The lowest BCUT2D eigenvalue weighted by Crippen LogP contribution is -2.12. The number of rotatable bonds is 3. The molecule has 78 valence electrons. The molecule has 0 aromatic carbocycles. The lowest BCUT2D eigenvalue weighted by Gasteiger charge is -2.14. The molecule has 0 aliphatic carbocycles. The van der Waals surface area contributed by atoms with Crippen LogP contribution in [0.4, 0.5) is 0 Å². The van der Waals surface area contributed by atoms with Crippen molar-refractivity contribution < 1.29 is 4.74 Å². The number of hydrogen-bond donors (Lipinski definition) is 0. The van der Waals surface area contributed by atoms with Crippen LogP contribution in [0.15, 0.2) is 6.33 Å². The second-order valence-electron chi connectivity index (χ2n) is 3.94. The van der Waals surface area contributed by atoms with E-state index in [2.05, 4.69) is 28.6 Å². The topological polar surface area (TPSA) is 39.9 Å². The first-order chi connectivity index (χ1) is 6.83. The van der Waals surface area contributed by atoms with Gasteiger partial charge in [0.2, 0.25) is 0 Å². The summed E-state index contributed by atoms with van der Waals surface area (Å²) in [6.07, 6.45) is 4.19. The summed E-state index contributed by atoms with van der Waals surface area (Å²) in [4.78, 5) is 0. The third-order valence-electron chi connectivity index (χ3n) is 2.75. The molecule has 1 aliphatic heterocycles. The summed E-state index contributed by atoms with van der Waals surface area (Å²) in [5.74, 6) is 1.56. The van der Waals surface area contributed by atoms with Crippen LogP contribution in [0.25, 0.3) is 0 Å². The van der Waals surface area contributed by atoms with Crippen LogP contribution in [0.3, 0.4) is 0 Å². The van der Waals surface area contributed by atoms with Crippen LogP contribution in [-0.4, -0.2) is 21.4 Å². The zero-order valence-corrected chi connectivity index (χ0v) is 8.81. The summed E-state index contributed by atoms with van der Waals surface area (Å²) in [6, 6.07) is 0. The molecule has 14 heavy (non-hydrogen) atoms. The monoisotopic (exact) mass is 195 g/mol. The van der Waals surface area contributed by atoms with Crippen LogP contribution in [0.5, 0.6) is 0 Å². The van der Waals surface area contributed by atoms with Crippen molar-refractivity contribution in [2.45, 2.75) is 39.3 Å². The van der Waals surface area contributed by atoms with Crippen molar-refractivity contribution in [2.24, 2.45) is 5.92 Å². The minimum absolute atomic E-state index is 0.157. The summed E-state index contributed by atoms with van der Waals surface area (Å²) < 4.78 is 7.78. The van der Waals surface area contributed by atoms with Gasteiger partial charge in [-0.1, -0.05) is 13.8 Å². The van der Waals surface area contributed by atoms with E-state index in [1.807, 2.05) is 0 Å². The highest BCUT2D eigenvalue weighted by molar-refractivity contribution is 4.96. The average molecular weight is 195 g/mol. The molecule has 0 spiro atoms. The van der Waals surface area contributed by atoms with Crippen molar-refractivity contribution >= 4 is 0 Å². The molecule has 1 aromatic heterocycles. The first-order valence-corrected chi connectivity index (χ1v) is 5.32. The SMILES string of the molecule is CCCn1cnnc1C1OCCC1C. The van der Waals surface area contributed by atoms with Gasteiger partial charge in [0.05, 0.1) is 0 Å². The quantitative estimate of drug-likeness (QED) is 0.738. The van der Waals surface area contributed by atoms with Crippen molar-refractivity contribution in [3.63, 3.8) is 0 Å². The highest BCUT2D eigenvalue weighted by Crippen LogP contribution is 2.32. The Morgan fingerprint density at radius 1 is 1.64 bits per heavy atom. The second-order valence-corrected chi connectivity index (χ2v) is 3.94. The van der Waals surface area contributed by atoms with Gasteiger partial charge < -0.3 is 9.30 Å². The van der Waals surface area contributed by atoms with Crippen LogP contribution in [0.1, 0.15) is 38.6 Å². The molecule has 4 heteroatoms. The van der Waals surface area contributed by atoms with Crippen molar-refractivity contribution in [2.75, 3.05) is 6.61 Å². The number of nitrogens with zero attached hydrogens (tertiary/aromatic N) is 3. The number of aryl methyl sites for hydroxylation is 1. The van der Waals surface area contributed by atoms with Crippen molar-refractivity contribution in [1.82, 2.24) is 14.8 Å². The Bertz CT molecular complexity index is 297. The van der Waals surface area contributed by atoms with Crippen LogP contribution >= 0.6 is 0 Å². The van der Waals surface area contributed by atoms with E-state index in [9.17, 15) is 0 Å². The van der Waals surface area contributed by atoms with E-state index in [-0.39, 0.29) is 6.10 Å². The molecule has 1 aliphatic rings. The van der Waals surface area contributed by atoms with Gasteiger partial charge in [-0.05, 0) is 18.8 Å². The maximum atomic E-state index is 5.67. The van der Waals surface area contributed by atoms with Crippen LogP contribution in [-0.2, 0) is 11.3 Å². The Morgan fingerprint density at radius 2 is 2.50 bits per heavy atom. The first kappa shape index (κ1) is 9.65. The third kappa shape index (κ3) is 1.66.